The lowest BCUT2D eigenvalue weighted by molar-refractivity contribution is 0.0442. The van der Waals surface area contributed by atoms with E-state index < -0.39 is 0 Å². The molecule has 0 aliphatic heterocycles. The van der Waals surface area contributed by atoms with Crippen molar-refractivity contribution in [1.29, 1.82) is 0 Å². The Morgan fingerprint density at radius 2 is 2.20 bits per heavy atom. The molecule has 58 valence electrons. The van der Waals surface area contributed by atoms with Gasteiger partial charge < -0.3 is 4.74 Å². The summed E-state index contributed by atoms with van der Waals surface area (Å²) in [5.41, 5.74) is 0. The number of hydrogen-bond donors (Lipinski definition) is 0. The van der Waals surface area contributed by atoms with Gasteiger partial charge in [0, 0.05) is 16.5 Å². The zero-order valence-corrected chi connectivity index (χ0v) is 8.68. The van der Waals surface area contributed by atoms with Gasteiger partial charge in [0.2, 0.25) is 0 Å². The van der Waals surface area contributed by atoms with E-state index in [1.807, 2.05) is 0 Å². The van der Waals surface area contributed by atoms with Crippen molar-refractivity contribution in [3.05, 3.63) is 0 Å². The minimum atomic E-state index is 0.677. The summed E-state index contributed by atoms with van der Waals surface area (Å²) < 4.78 is 5.70. The summed E-state index contributed by atoms with van der Waals surface area (Å²) in [4.78, 5) is 0. The molecule has 0 aromatic rings. The zero-order valence-electron chi connectivity index (χ0n) is 6.68. The Hall–Kier alpha value is 0.177. The van der Waals surface area contributed by atoms with Crippen LogP contribution in [0.25, 0.3) is 0 Å². The Morgan fingerprint density at radius 1 is 1.30 bits per heavy atom. The Morgan fingerprint density at radius 3 is 2.70 bits per heavy atom. The van der Waals surface area contributed by atoms with Crippen molar-refractivity contribution >= 4 is 10.2 Å². The Bertz CT molecular complexity index is 126. The molecule has 0 heterocycles. The summed E-state index contributed by atoms with van der Waals surface area (Å²) in [7, 11) is 1.21. The van der Waals surface area contributed by atoms with Crippen molar-refractivity contribution in [2.45, 2.75) is 31.8 Å². The van der Waals surface area contributed by atoms with Gasteiger partial charge in [0.15, 0.2) is 0 Å². The highest BCUT2D eigenvalue weighted by Crippen LogP contribution is 2.45. The van der Waals surface area contributed by atoms with E-state index in [0.29, 0.717) is 6.10 Å². The molecule has 0 N–H and O–H groups in total. The second-order valence-corrected chi connectivity index (χ2v) is 4.25. The minimum Gasteiger partial charge on any atom is -0.382 e. The molecule has 2 fully saturated rings. The first-order chi connectivity index (χ1) is 4.90. The topological polar surface area (TPSA) is 9.23 Å². The number of rotatable bonds is 2. The van der Waals surface area contributed by atoms with Crippen LogP contribution in [0, 0.1) is 11.8 Å². The average molecular weight is 156 g/mol. The molecule has 2 saturated carbocycles. The van der Waals surface area contributed by atoms with Crippen LogP contribution in [0.15, 0.2) is 0 Å². The lowest BCUT2D eigenvalue weighted by Gasteiger charge is -2.20. The Kier molecular flexibility index (Phi) is 1.83. The van der Waals surface area contributed by atoms with Crippen LogP contribution in [0.1, 0.15) is 25.7 Å². The highest BCUT2D eigenvalue weighted by molar-refractivity contribution is 6.08. The van der Waals surface area contributed by atoms with Gasteiger partial charge in [-0.3, -0.25) is 0 Å². The van der Waals surface area contributed by atoms with Crippen molar-refractivity contribution < 1.29 is 4.74 Å². The van der Waals surface area contributed by atoms with Crippen LogP contribution < -0.4 is 0 Å². The van der Waals surface area contributed by atoms with Gasteiger partial charge in [0.1, 0.15) is 0 Å². The van der Waals surface area contributed by atoms with E-state index in [9.17, 15) is 0 Å². The molecule has 3 unspecified atom stereocenters. The van der Waals surface area contributed by atoms with Gasteiger partial charge in [-0.2, -0.15) is 0 Å². The average Bonchev–Trinajstić information content (AvgIpc) is 2.48. The molecular formula is C8H16OSi. The van der Waals surface area contributed by atoms with E-state index in [2.05, 4.69) is 0 Å². The molecule has 0 aromatic heterocycles. The molecule has 0 spiro atoms. The monoisotopic (exact) mass is 156 g/mol. The third kappa shape index (κ3) is 1.03. The molecule has 2 aliphatic carbocycles. The molecule has 2 rings (SSSR count). The van der Waals surface area contributed by atoms with Gasteiger partial charge >= 0.3 is 0 Å². The van der Waals surface area contributed by atoms with Gasteiger partial charge in [-0.1, -0.05) is 0 Å². The number of ether oxygens (including phenoxy) is 1. The summed E-state index contributed by atoms with van der Waals surface area (Å²) in [5, 5.41) is 0. The minimum absolute atomic E-state index is 0.677. The van der Waals surface area contributed by atoms with Gasteiger partial charge in [-0.15, -0.1) is 0 Å². The summed E-state index contributed by atoms with van der Waals surface area (Å²) in [6, 6.07) is 0. The van der Waals surface area contributed by atoms with Crippen molar-refractivity contribution in [3.63, 3.8) is 0 Å². The molecule has 2 bridgehead atoms. The fourth-order valence-electron chi connectivity index (χ4n) is 2.60. The van der Waals surface area contributed by atoms with Crippen molar-refractivity contribution in [1.82, 2.24) is 0 Å². The summed E-state index contributed by atoms with van der Waals surface area (Å²) in [6.07, 6.45) is 7.53. The van der Waals surface area contributed by atoms with Gasteiger partial charge in [-0.25, -0.2) is 0 Å². The predicted molar refractivity (Wildman–Crippen MR) is 45.1 cm³/mol. The van der Waals surface area contributed by atoms with E-state index in [1.54, 1.807) is 0 Å². The lowest BCUT2D eigenvalue weighted by Crippen LogP contribution is -2.20. The Labute approximate surface area is 65.6 Å². The first kappa shape index (κ1) is 6.86. The zero-order chi connectivity index (χ0) is 6.97. The van der Waals surface area contributed by atoms with Gasteiger partial charge in [0.25, 0.3) is 0 Å². The van der Waals surface area contributed by atoms with Crippen LogP contribution in [0.5, 0.6) is 0 Å². The molecule has 0 amide bonds. The number of fused-ring (bicyclic) bond motifs is 2. The van der Waals surface area contributed by atoms with Gasteiger partial charge in [-0.05, 0) is 37.5 Å². The van der Waals surface area contributed by atoms with Crippen LogP contribution in [0.3, 0.4) is 0 Å². The van der Waals surface area contributed by atoms with E-state index in [0.717, 1.165) is 18.1 Å². The van der Waals surface area contributed by atoms with Crippen LogP contribution in [0.4, 0.5) is 0 Å². The molecular weight excluding hydrogens is 140 g/mol. The highest BCUT2D eigenvalue weighted by atomic mass is 28.1. The van der Waals surface area contributed by atoms with E-state index in [1.165, 1.54) is 35.9 Å². The maximum absolute atomic E-state index is 5.70. The molecule has 1 nitrogen and oxygen atoms in total. The van der Waals surface area contributed by atoms with Crippen LogP contribution in [-0.4, -0.2) is 22.6 Å². The maximum atomic E-state index is 5.70. The van der Waals surface area contributed by atoms with Crippen molar-refractivity contribution in [3.8, 4) is 0 Å². The predicted octanol–water partition coefficient (Wildman–Crippen LogP) is 0.514. The highest BCUT2D eigenvalue weighted by Gasteiger charge is 2.39. The number of hydrogen-bond acceptors (Lipinski definition) is 1. The maximum Gasteiger partial charge on any atom is 0.0601 e. The van der Waals surface area contributed by atoms with Crippen LogP contribution >= 0.6 is 0 Å². The third-order valence-electron chi connectivity index (χ3n) is 3.05. The van der Waals surface area contributed by atoms with Crippen LogP contribution in [-0.2, 0) is 4.74 Å². The molecule has 2 aliphatic rings. The molecule has 0 aromatic carbocycles. The standard InChI is InChI=1S/C8H16OSi/c10-5-9-8-4-6-1-2-7(8)3-6/h6-8H,1-5H2,10H3. The van der Waals surface area contributed by atoms with Crippen molar-refractivity contribution in [2.75, 3.05) is 6.23 Å². The largest absolute Gasteiger partial charge is 0.382 e. The SMILES string of the molecule is [SiH3]COC1CC2CCC1C2. The summed E-state index contributed by atoms with van der Waals surface area (Å²) in [6.45, 7) is 0. The first-order valence-electron chi connectivity index (χ1n) is 4.51. The lowest BCUT2D eigenvalue weighted by atomic mass is 9.98. The molecule has 2 heteroatoms. The van der Waals surface area contributed by atoms with Gasteiger partial charge in [0.05, 0.1) is 6.10 Å². The Balaban J connectivity index is 1.90. The van der Waals surface area contributed by atoms with E-state index >= 15 is 0 Å². The van der Waals surface area contributed by atoms with Crippen molar-refractivity contribution in [2.24, 2.45) is 11.8 Å². The molecule has 0 radical (unpaired) electrons. The molecule has 0 saturated heterocycles. The summed E-state index contributed by atoms with van der Waals surface area (Å²) >= 11 is 0. The van der Waals surface area contributed by atoms with Crippen LogP contribution in [0.2, 0.25) is 0 Å². The molecule has 3 atom stereocenters. The van der Waals surface area contributed by atoms with E-state index in [-0.39, 0.29) is 0 Å². The summed E-state index contributed by atoms with van der Waals surface area (Å²) in [5.74, 6) is 2.00. The fraction of sp³-hybridized carbons (Fsp3) is 1.00. The third-order valence-corrected chi connectivity index (χ3v) is 3.39. The molecule has 10 heavy (non-hydrogen) atoms. The first-order valence-corrected chi connectivity index (χ1v) is 5.93. The quantitative estimate of drug-likeness (QED) is 0.530. The fourth-order valence-corrected chi connectivity index (χ4v) is 3.03. The normalized spacial score (nSPS) is 45.0. The second-order valence-electron chi connectivity index (χ2n) is 3.67. The smallest absolute Gasteiger partial charge is 0.0601 e. The second kappa shape index (κ2) is 2.66. The van der Waals surface area contributed by atoms with E-state index in [4.69, 9.17) is 4.74 Å².